The predicted molar refractivity (Wildman–Crippen MR) is 57.9 cm³/mol. The Labute approximate surface area is 93.6 Å². The fraction of sp³-hybridized carbons (Fsp3) is 0.364. The van der Waals surface area contributed by atoms with Gasteiger partial charge in [-0.2, -0.15) is 0 Å². The van der Waals surface area contributed by atoms with E-state index in [1.54, 1.807) is 31.2 Å². The number of rotatable bonds is 4. The summed E-state index contributed by atoms with van der Waals surface area (Å²) in [6.45, 7) is 1.78. The molecule has 1 atom stereocenters. The van der Waals surface area contributed by atoms with E-state index in [1.165, 1.54) is 0 Å². The normalized spacial score (nSPS) is 12.2. The highest BCUT2D eigenvalue weighted by Gasteiger charge is 2.20. The van der Waals surface area contributed by atoms with E-state index in [1.807, 2.05) is 0 Å². The molecule has 82 valence electrons. The van der Waals surface area contributed by atoms with Crippen molar-refractivity contribution in [2.75, 3.05) is 13.2 Å². The number of hydrogen-bond acceptors (Lipinski definition) is 3. The molecule has 0 saturated heterocycles. The molecule has 0 aliphatic heterocycles. The summed E-state index contributed by atoms with van der Waals surface area (Å²) in [5.74, 6) is -1.04. The van der Waals surface area contributed by atoms with Crippen LogP contribution in [0.4, 0.5) is 0 Å². The van der Waals surface area contributed by atoms with Crippen LogP contribution in [-0.4, -0.2) is 24.3 Å². The summed E-state index contributed by atoms with van der Waals surface area (Å²) in [7, 11) is 0. The minimum absolute atomic E-state index is 0.263. The lowest BCUT2D eigenvalue weighted by atomic mass is 10.0. The van der Waals surface area contributed by atoms with Gasteiger partial charge in [-0.05, 0) is 24.6 Å². The SMILES string of the molecule is CCOC(=O)[C@H](CO)c1ccc(Cl)cc1. The summed E-state index contributed by atoms with van der Waals surface area (Å²) in [5.41, 5.74) is 0.709. The summed E-state index contributed by atoms with van der Waals surface area (Å²) in [6.07, 6.45) is 0. The molecule has 0 heterocycles. The third-order valence-electron chi connectivity index (χ3n) is 2.03. The van der Waals surface area contributed by atoms with Gasteiger partial charge < -0.3 is 9.84 Å². The first kappa shape index (κ1) is 12.0. The first-order valence-corrected chi connectivity index (χ1v) is 5.09. The number of aliphatic hydroxyl groups is 1. The maximum absolute atomic E-state index is 11.4. The van der Waals surface area contributed by atoms with Crippen LogP contribution >= 0.6 is 11.6 Å². The van der Waals surface area contributed by atoms with E-state index in [2.05, 4.69) is 0 Å². The average molecular weight is 229 g/mol. The summed E-state index contributed by atoms with van der Waals surface area (Å²) in [6, 6.07) is 6.78. The van der Waals surface area contributed by atoms with Crippen molar-refractivity contribution >= 4 is 17.6 Å². The highest BCUT2D eigenvalue weighted by molar-refractivity contribution is 6.30. The van der Waals surface area contributed by atoms with Gasteiger partial charge >= 0.3 is 5.97 Å². The molecular weight excluding hydrogens is 216 g/mol. The van der Waals surface area contributed by atoms with Crippen molar-refractivity contribution in [1.29, 1.82) is 0 Å². The topological polar surface area (TPSA) is 46.5 Å². The Morgan fingerprint density at radius 1 is 1.47 bits per heavy atom. The van der Waals surface area contributed by atoms with Crippen LogP contribution in [0.25, 0.3) is 0 Å². The molecule has 0 spiro atoms. The van der Waals surface area contributed by atoms with Gasteiger partial charge in [0, 0.05) is 5.02 Å². The van der Waals surface area contributed by atoms with Gasteiger partial charge in [-0.15, -0.1) is 0 Å². The number of carbonyl (C=O) groups is 1. The molecule has 0 aromatic heterocycles. The van der Waals surface area contributed by atoms with Crippen LogP contribution in [0.3, 0.4) is 0 Å². The van der Waals surface area contributed by atoms with E-state index >= 15 is 0 Å². The van der Waals surface area contributed by atoms with Crippen LogP contribution in [0.5, 0.6) is 0 Å². The second kappa shape index (κ2) is 5.73. The third-order valence-corrected chi connectivity index (χ3v) is 2.28. The van der Waals surface area contributed by atoms with E-state index in [9.17, 15) is 4.79 Å². The summed E-state index contributed by atoms with van der Waals surface area (Å²) >= 11 is 5.72. The quantitative estimate of drug-likeness (QED) is 0.802. The van der Waals surface area contributed by atoms with Crippen LogP contribution in [0, 0.1) is 0 Å². The van der Waals surface area contributed by atoms with Crippen molar-refractivity contribution in [1.82, 2.24) is 0 Å². The molecule has 1 rings (SSSR count). The van der Waals surface area contributed by atoms with E-state index < -0.39 is 11.9 Å². The van der Waals surface area contributed by atoms with Crippen LogP contribution in [0.2, 0.25) is 5.02 Å². The molecule has 0 aliphatic carbocycles. The number of benzene rings is 1. The Morgan fingerprint density at radius 3 is 2.53 bits per heavy atom. The molecule has 1 aromatic carbocycles. The number of carbonyl (C=O) groups excluding carboxylic acids is 1. The predicted octanol–water partition coefficient (Wildman–Crippen LogP) is 1.98. The number of halogens is 1. The van der Waals surface area contributed by atoms with Gasteiger partial charge in [-0.3, -0.25) is 4.79 Å². The molecular formula is C11H13ClO3. The molecule has 4 heteroatoms. The van der Waals surface area contributed by atoms with Gasteiger partial charge in [0.2, 0.25) is 0 Å². The maximum atomic E-state index is 11.4. The molecule has 1 aromatic rings. The van der Waals surface area contributed by atoms with E-state index in [0.29, 0.717) is 17.2 Å². The maximum Gasteiger partial charge on any atom is 0.315 e. The van der Waals surface area contributed by atoms with Gasteiger partial charge in [0.05, 0.1) is 13.2 Å². The standard InChI is InChI=1S/C11H13ClO3/c1-2-15-11(14)10(7-13)8-3-5-9(12)6-4-8/h3-6,10,13H,2,7H2,1H3/t10-/m1/s1. The number of hydrogen-bond donors (Lipinski definition) is 1. The van der Waals surface area contributed by atoms with Gasteiger partial charge in [-0.25, -0.2) is 0 Å². The van der Waals surface area contributed by atoms with Gasteiger partial charge in [-0.1, -0.05) is 23.7 Å². The van der Waals surface area contributed by atoms with E-state index in [0.717, 1.165) is 0 Å². The first-order valence-electron chi connectivity index (χ1n) is 4.72. The Kier molecular flexibility index (Phi) is 4.59. The molecule has 0 bridgehead atoms. The van der Waals surface area contributed by atoms with Gasteiger partial charge in [0.1, 0.15) is 5.92 Å². The zero-order valence-electron chi connectivity index (χ0n) is 8.44. The Morgan fingerprint density at radius 2 is 2.07 bits per heavy atom. The third kappa shape index (κ3) is 3.22. The lowest BCUT2D eigenvalue weighted by molar-refractivity contribution is -0.145. The molecule has 0 fully saturated rings. The molecule has 0 unspecified atom stereocenters. The minimum atomic E-state index is -0.623. The van der Waals surface area contributed by atoms with Crippen LogP contribution in [0.1, 0.15) is 18.4 Å². The molecule has 0 aliphatic rings. The number of aliphatic hydroxyl groups excluding tert-OH is 1. The summed E-state index contributed by atoms with van der Waals surface area (Å²) in [5, 5.41) is 9.71. The van der Waals surface area contributed by atoms with Gasteiger partial charge in [0.15, 0.2) is 0 Å². The minimum Gasteiger partial charge on any atom is -0.465 e. The molecule has 3 nitrogen and oxygen atoms in total. The Hall–Kier alpha value is -1.06. The average Bonchev–Trinajstić information content (AvgIpc) is 2.22. The molecule has 0 radical (unpaired) electrons. The van der Waals surface area contributed by atoms with Crippen molar-refractivity contribution in [2.45, 2.75) is 12.8 Å². The lowest BCUT2D eigenvalue weighted by Crippen LogP contribution is -2.19. The van der Waals surface area contributed by atoms with Crippen molar-refractivity contribution in [2.24, 2.45) is 0 Å². The fourth-order valence-electron chi connectivity index (χ4n) is 1.25. The second-order valence-corrected chi connectivity index (χ2v) is 3.48. The molecule has 1 N–H and O–H groups in total. The van der Waals surface area contributed by atoms with Gasteiger partial charge in [0.25, 0.3) is 0 Å². The van der Waals surface area contributed by atoms with Crippen molar-refractivity contribution in [3.8, 4) is 0 Å². The summed E-state index contributed by atoms with van der Waals surface area (Å²) < 4.78 is 4.85. The zero-order chi connectivity index (χ0) is 11.3. The summed E-state index contributed by atoms with van der Waals surface area (Å²) in [4.78, 5) is 11.4. The van der Waals surface area contributed by atoms with Crippen LogP contribution < -0.4 is 0 Å². The van der Waals surface area contributed by atoms with E-state index in [4.69, 9.17) is 21.4 Å². The number of esters is 1. The zero-order valence-corrected chi connectivity index (χ0v) is 9.20. The smallest absolute Gasteiger partial charge is 0.315 e. The second-order valence-electron chi connectivity index (χ2n) is 3.04. The molecule has 15 heavy (non-hydrogen) atoms. The van der Waals surface area contributed by atoms with Crippen molar-refractivity contribution < 1.29 is 14.6 Å². The Balaban J connectivity index is 2.82. The monoisotopic (exact) mass is 228 g/mol. The lowest BCUT2D eigenvalue weighted by Gasteiger charge is -2.12. The fourth-order valence-corrected chi connectivity index (χ4v) is 1.38. The Bertz CT molecular complexity index is 321. The highest BCUT2D eigenvalue weighted by atomic mass is 35.5. The van der Waals surface area contributed by atoms with Crippen molar-refractivity contribution in [3.05, 3.63) is 34.9 Å². The van der Waals surface area contributed by atoms with E-state index in [-0.39, 0.29) is 6.61 Å². The number of ether oxygens (including phenoxy) is 1. The largest absolute Gasteiger partial charge is 0.465 e. The molecule has 0 saturated carbocycles. The van der Waals surface area contributed by atoms with Crippen LogP contribution in [0.15, 0.2) is 24.3 Å². The van der Waals surface area contributed by atoms with Crippen molar-refractivity contribution in [3.63, 3.8) is 0 Å². The highest BCUT2D eigenvalue weighted by Crippen LogP contribution is 2.19. The molecule has 0 amide bonds. The first-order chi connectivity index (χ1) is 7.19. The van der Waals surface area contributed by atoms with Crippen LogP contribution in [-0.2, 0) is 9.53 Å².